The molecule has 0 saturated heterocycles. The zero-order chi connectivity index (χ0) is 29.9. The van der Waals surface area contributed by atoms with Crippen LogP contribution in [0.25, 0.3) is 38.8 Å². The predicted molar refractivity (Wildman–Crippen MR) is 187 cm³/mol. The monoisotopic (exact) mass is 580 g/mol. The van der Waals surface area contributed by atoms with Crippen LogP contribution in [0.4, 0.5) is 11.4 Å². The van der Waals surface area contributed by atoms with Gasteiger partial charge in [-0.25, -0.2) is 0 Å². The molecule has 0 saturated carbocycles. The number of rotatable bonds is 4. The van der Waals surface area contributed by atoms with E-state index in [-0.39, 0.29) is 23.9 Å². The summed E-state index contributed by atoms with van der Waals surface area (Å²) in [6, 6.07) is 39.1. The minimum absolute atomic E-state index is 0.109. The van der Waals surface area contributed by atoms with E-state index in [1.165, 1.54) is 38.6 Å². The van der Waals surface area contributed by atoms with Gasteiger partial charge >= 0.3 is 0 Å². The summed E-state index contributed by atoms with van der Waals surface area (Å²) in [5.74, 6) is 0.504. The lowest BCUT2D eigenvalue weighted by Crippen LogP contribution is -2.28. The molecule has 216 valence electrons. The summed E-state index contributed by atoms with van der Waals surface area (Å²) in [5, 5.41) is 2.50. The summed E-state index contributed by atoms with van der Waals surface area (Å²) >= 11 is 0. The molecule has 2 aromatic heterocycles. The molecule has 0 N–H and O–H groups in total. The molecule has 0 radical (unpaired) electrons. The van der Waals surface area contributed by atoms with Crippen molar-refractivity contribution in [2.75, 3.05) is 4.90 Å². The first kappa shape index (κ1) is 26.0. The average Bonchev–Trinajstić information content (AvgIpc) is 3.62. The number of pyridine rings is 1. The number of nitrogens with zero attached hydrogens (tertiary/aromatic N) is 4. The fraction of sp³-hybridized carbons (Fsp3) is 0.122. The first-order valence-electron chi connectivity index (χ1n) is 15.8. The number of fused-ring (bicyclic) bond motifs is 7. The van der Waals surface area contributed by atoms with Gasteiger partial charge in [0.05, 0.1) is 52.1 Å². The average molecular weight is 581 g/mol. The molecule has 4 nitrogen and oxygen atoms in total. The topological polar surface area (TPSA) is 33.4 Å². The molecular formula is C41H32N4. The van der Waals surface area contributed by atoms with Gasteiger partial charge in [0.15, 0.2) is 0 Å². The maximum atomic E-state index is 5.15. The lowest BCUT2D eigenvalue weighted by atomic mass is 9.91. The van der Waals surface area contributed by atoms with Crippen molar-refractivity contribution < 1.29 is 0 Å². The highest BCUT2D eigenvalue weighted by Crippen LogP contribution is 2.52. The molecule has 4 atom stereocenters. The first-order valence-corrected chi connectivity index (χ1v) is 15.8. The van der Waals surface area contributed by atoms with Crippen LogP contribution in [-0.2, 0) is 0 Å². The van der Waals surface area contributed by atoms with Gasteiger partial charge < -0.3 is 9.47 Å². The second-order valence-electron chi connectivity index (χ2n) is 12.3. The third kappa shape index (κ3) is 4.06. The summed E-state index contributed by atoms with van der Waals surface area (Å²) in [6.45, 7) is 2.28. The molecule has 4 heterocycles. The predicted octanol–water partition coefficient (Wildman–Crippen LogP) is 9.89. The molecule has 6 aromatic rings. The Hall–Kier alpha value is -5.48. The maximum absolute atomic E-state index is 5.15. The van der Waals surface area contributed by atoms with Gasteiger partial charge in [0.25, 0.3) is 0 Å². The second kappa shape index (κ2) is 10.3. The summed E-state index contributed by atoms with van der Waals surface area (Å²) in [7, 11) is 0. The van der Waals surface area contributed by atoms with Crippen LogP contribution in [0.1, 0.15) is 30.0 Å². The van der Waals surface area contributed by atoms with E-state index in [9.17, 15) is 0 Å². The van der Waals surface area contributed by atoms with Gasteiger partial charge in [-0.15, -0.1) is 0 Å². The van der Waals surface area contributed by atoms with Crippen molar-refractivity contribution in [3.8, 4) is 11.3 Å². The minimum Gasteiger partial charge on any atom is -0.330 e. The molecular weight excluding hydrogens is 548 g/mol. The van der Waals surface area contributed by atoms with Crippen LogP contribution in [-0.4, -0.2) is 21.8 Å². The van der Waals surface area contributed by atoms with Crippen molar-refractivity contribution in [3.63, 3.8) is 0 Å². The summed E-state index contributed by atoms with van der Waals surface area (Å²) in [6.07, 6.45) is 15.6. The maximum Gasteiger partial charge on any atom is 0.0810 e. The summed E-state index contributed by atoms with van der Waals surface area (Å²) in [5.41, 5.74) is 10.6. The number of aliphatic imine (C=N–C) groups is 1. The molecule has 4 unspecified atom stereocenters. The smallest absolute Gasteiger partial charge is 0.0810 e. The van der Waals surface area contributed by atoms with Crippen molar-refractivity contribution in [1.29, 1.82) is 0 Å². The molecule has 3 aliphatic rings. The van der Waals surface area contributed by atoms with Crippen molar-refractivity contribution in [2.45, 2.75) is 24.9 Å². The fourth-order valence-corrected chi connectivity index (χ4v) is 7.60. The molecule has 1 aliphatic carbocycles. The van der Waals surface area contributed by atoms with Crippen molar-refractivity contribution in [2.24, 2.45) is 10.9 Å². The number of dihydropyridines is 1. The summed E-state index contributed by atoms with van der Waals surface area (Å²) < 4.78 is 2.45. The minimum atomic E-state index is 0.109. The highest BCUT2D eigenvalue weighted by molar-refractivity contribution is 6.19. The molecule has 2 aliphatic heterocycles. The number of hydrogen-bond donors (Lipinski definition) is 0. The van der Waals surface area contributed by atoms with E-state index in [0.717, 1.165) is 22.6 Å². The quantitative estimate of drug-likeness (QED) is 0.208. The van der Waals surface area contributed by atoms with E-state index in [0.29, 0.717) is 0 Å². The lowest BCUT2D eigenvalue weighted by molar-refractivity contribution is 0.566. The standard InChI is InChI=1S/C41H32N4/c1-27-24-31(26-43-39(27)29-14-6-3-7-15-29)45-38-19-11-9-17-33(38)35-22-21-34-32-16-8-10-18-37(32)44(40(34)41(35)45)30-20-23-36(42-25-30)28-12-4-2-5-13-28/h2-27,32,37,39H,1H3. The fourth-order valence-electron chi connectivity index (χ4n) is 7.60. The second-order valence-corrected chi connectivity index (χ2v) is 12.3. The lowest BCUT2D eigenvalue weighted by Gasteiger charge is -2.29. The Bertz CT molecular complexity index is 2190. The van der Waals surface area contributed by atoms with Gasteiger partial charge in [0.1, 0.15) is 0 Å². The Morgan fingerprint density at radius 1 is 0.711 bits per heavy atom. The Balaban J connectivity index is 1.26. The van der Waals surface area contributed by atoms with Crippen LogP contribution in [0.3, 0.4) is 0 Å². The Labute approximate surface area is 263 Å². The summed E-state index contributed by atoms with van der Waals surface area (Å²) in [4.78, 5) is 12.6. The largest absolute Gasteiger partial charge is 0.330 e. The molecule has 4 heteroatoms. The third-order valence-electron chi connectivity index (χ3n) is 9.64. The van der Waals surface area contributed by atoms with Crippen LogP contribution >= 0.6 is 0 Å². The van der Waals surface area contributed by atoms with E-state index in [1.807, 2.05) is 12.3 Å². The van der Waals surface area contributed by atoms with E-state index in [1.54, 1.807) is 0 Å². The van der Waals surface area contributed by atoms with Crippen LogP contribution in [0.15, 0.2) is 151 Å². The van der Waals surface area contributed by atoms with Crippen LogP contribution in [0.5, 0.6) is 0 Å². The molecule has 0 fully saturated rings. The first-order chi connectivity index (χ1) is 22.3. The molecule has 0 spiro atoms. The van der Waals surface area contributed by atoms with Gasteiger partial charge in [0.2, 0.25) is 0 Å². The highest BCUT2D eigenvalue weighted by Gasteiger charge is 2.40. The van der Waals surface area contributed by atoms with Crippen LogP contribution in [0.2, 0.25) is 0 Å². The Morgan fingerprint density at radius 2 is 1.49 bits per heavy atom. The molecule has 0 amide bonds. The molecule has 9 rings (SSSR count). The van der Waals surface area contributed by atoms with Crippen molar-refractivity contribution in [1.82, 2.24) is 9.55 Å². The van der Waals surface area contributed by atoms with Crippen LogP contribution < -0.4 is 4.90 Å². The van der Waals surface area contributed by atoms with Gasteiger partial charge in [-0.1, -0.05) is 128 Å². The van der Waals surface area contributed by atoms with Gasteiger partial charge in [-0.05, 0) is 29.3 Å². The molecule has 45 heavy (non-hydrogen) atoms. The van der Waals surface area contributed by atoms with Crippen LogP contribution in [0, 0.1) is 5.92 Å². The van der Waals surface area contributed by atoms with E-state index < -0.39 is 0 Å². The number of hydrogen-bond acceptors (Lipinski definition) is 3. The van der Waals surface area contributed by atoms with Gasteiger partial charge in [0, 0.05) is 34.4 Å². The van der Waals surface area contributed by atoms with E-state index in [4.69, 9.17) is 9.98 Å². The van der Waals surface area contributed by atoms with Crippen molar-refractivity contribution in [3.05, 3.63) is 157 Å². The third-order valence-corrected chi connectivity index (χ3v) is 9.64. The normalized spacial score (nSPS) is 21.7. The van der Waals surface area contributed by atoms with Gasteiger partial charge in [-0.3, -0.25) is 9.98 Å². The van der Waals surface area contributed by atoms with Crippen molar-refractivity contribution >= 4 is 45.1 Å². The Kier molecular flexibility index (Phi) is 5.95. The molecule has 0 bridgehead atoms. The number of aromatic nitrogens is 2. The van der Waals surface area contributed by atoms with E-state index in [2.05, 4.69) is 156 Å². The number of para-hydroxylation sites is 1. The molecule has 4 aromatic carbocycles. The van der Waals surface area contributed by atoms with E-state index >= 15 is 0 Å². The number of benzene rings is 4. The number of anilines is 2. The van der Waals surface area contributed by atoms with Gasteiger partial charge in [-0.2, -0.15) is 0 Å². The SMILES string of the molecule is CC1C=C(n2c3ccccc3c3ccc4c(c32)N(c2ccc(-c3ccccc3)nc2)C2C=CC=CC42)C=NC1c1ccccc1. The zero-order valence-electron chi connectivity index (χ0n) is 25.0. The highest BCUT2D eigenvalue weighted by atomic mass is 15.2. The number of allylic oxidation sites excluding steroid dienone is 3. The zero-order valence-corrected chi connectivity index (χ0v) is 25.0. The Morgan fingerprint density at radius 3 is 2.29 bits per heavy atom.